The van der Waals surface area contributed by atoms with Crippen LogP contribution in [-0.4, -0.2) is 13.0 Å². The lowest BCUT2D eigenvalue weighted by Crippen LogP contribution is -2.13. The summed E-state index contributed by atoms with van der Waals surface area (Å²) >= 11 is 12.5. The van der Waals surface area contributed by atoms with E-state index in [0.717, 1.165) is 5.56 Å². The first-order valence-corrected chi connectivity index (χ1v) is 9.98. The van der Waals surface area contributed by atoms with Gasteiger partial charge in [-0.1, -0.05) is 47.5 Å². The van der Waals surface area contributed by atoms with E-state index in [9.17, 15) is 10.1 Å². The Labute approximate surface area is 190 Å². The maximum Gasteiger partial charge on any atom is 0.266 e. The number of amides is 1. The molecule has 5 nitrogen and oxygen atoms in total. The smallest absolute Gasteiger partial charge is 0.266 e. The maximum atomic E-state index is 12.4. The number of rotatable bonds is 7. The van der Waals surface area contributed by atoms with E-state index in [0.29, 0.717) is 32.8 Å². The number of nitriles is 1. The van der Waals surface area contributed by atoms with Crippen LogP contribution in [0.25, 0.3) is 6.08 Å². The standard InChI is InChI=1S/C24H18Cl2N2O3/c1-30-20-9-7-19(8-10-20)28-24(29)18(14-27)12-16-6-11-23(22(26)13-16)31-15-17-4-2-3-5-21(17)25/h2-13H,15H2,1H3,(H,28,29)/b18-12+. The molecule has 0 radical (unpaired) electrons. The number of hydrogen-bond acceptors (Lipinski definition) is 4. The van der Waals surface area contributed by atoms with Gasteiger partial charge in [0.05, 0.1) is 12.1 Å². The summed E-state index contributed by atoms with van der Waals surface area (Å²) in [6.07, 6.45) is 1.46. The van der Waals surface area contributed by atoms with Gasteiger partial charge in [-0.05, 0) is 54.1 Å². The van der Waals surface area contributed by atoms with Crippen LogP contribution in [0, 0.1) is 11.3 Å². The van der Waals surface area contributed by atoms with Crippen LogP contribution < -0.4 is 14.8 Å². The number of nitrogens with zero attached hydrogens (tertiary/aromatic N) is 1. The monoisotopic (exact) mass is 452 g/mol. The first-order chi connectivity index (χ1) is 15.0. The Balaban J connectivity index is 1.70. The van der Waals surface area contributed by atoms with Crippen molar-refractivity contribution < 1.29 is 14.3 Å². The number of halogens is 2. The summed E-state index contributed by atoms with van der Waals surface area (Å²) < 4.78 is 10.8. The summed E-state index contributed by atoms with van der Waals surface area (Å²) in [5, 5.41) is 13.1. The number of methoxy groups -OCH3 is 1. The largest absolute Gasteiger partial charge is 0.497 e. The third-order valence-corrected chi connectivity index (χ3v) is 4.99. The topological polar surface area (TPSA) is 71.3 Å². The maximum absolute atomic E-state index is 12.4. The van der Waals surface area contributed by atoms with E-state index >= 15 is 0 Å². The molecule has 156 valence electrons. The molecule has 0 aromatic heterocycles. The second-order valence-corrected chi connectivity index (χ2v) is 7.24. The number of ether oxygens (including phenoxy) is 2. The van der Waals surface area contributed by atoms with Crippen molar-refractivity contribution in [1.82, 2.24) is 0 Å². The Hall–Kier alpha value is -3.46. The highest BCUT2D eigenvalue weighted by atomic mass is 35.5. The second kappa shape index (κ2) is 10.5. The van der Waals surface area contributed by atoms with Crippen molar-refractivity contribution in [3.63, 3.8) is 0 Å². The highest BCUT2D eigenvalue weighted by Gasteiger charge is 2.11. The van der Waals surface area contributed by atoms with Crippen LogP contribution in [0.4, 0.5) is 5.69 Å². The van der Waals surface area contributed by atoms with Gasteiger partial charge in [-0.25, -0.2) is 0 Å². The number of hydrogen-bond donors (Lipinski definition) is 1. The SMILES string of the molecule is COc1ccc(NC(=O)/C(C#N)=C/c2ccc(OCc3ccccc3Cl)c(Cl)c2)cc1. The molecule has 31 heavy (non-hydrogen) atoms. The average Bonchev–Trinajstić information content (AvgIpc) is 2.78. The minimum Gasteiger partial charge on any atom is -0.497 e. The quantitative estimate of drug-likeness (QED) is 0.345. The molecule has 0 fully saturated rings. The van der Waals surface area contributed by atoms with Gasteiger partial charge >= 0.3 is 0 Å². The van der Waals surface area contributed by atoms with Gasteiger partial charge < -0.3 is 14.8 Å². The van der Waals surface area contributed by atoms with Crippen molar-refractivity contribution in [2.45, 2.75) is 6.61 Å². The van der Waals surface area contributed by atoms with Crippen molar-refractivity contribution >= 4 is 40.9 Å². The number of carbonyl (C=O) groups is 1. The Morgan fingerprint density at radius 2 is 1.81 bits per heavy atom. The summed E-state index contributed by atoms with van der Waals surface area (Å²) in [4.78, 5) is 12.4. The van der Waals surface area contributed by atoms with Crippen LogP contribution in [0.3, 0.4) is 0 Å². The number of benzene rings is 3. The first kappa shape index (κ1) is 22.2. The fraction of sp³-hybridized carbons (Fsp3) is 0.0833. The Morgan fingerprint density at radius 3 is 2.45 bits per heavy atom. The van der Waals surface area contributed by atoms with E-state index in [2.05, 4.69) is 5.32 Å². The lowest BCUT2D eigenvalue weighted by atomic mass is 10.1. The van der Waals surface area contributed by atoms with E-state index in [1.165, 1.54) is 6.08 Å². The molecule has 0 atom stereocenters. The predicted molar refractivity (Wildman–Crippen MR) is 122 cm³/mol. The molecule has 1 N–H and O–H groups in total. The third kappa shape index (κ3) is 6.02. The molecular weight excluding hydrogens is 435 g/mol. The van der Waals surface area contributed by atoms with Crippen molar-refractivity contribution in [2.24, 2.45) is 0 Å². The lowest BCUT2D eigenvalue weighted by Gasteiger charge is -2.10. The molecule has 0 saturated carbocycles. The van der Waals surface area contributed by atoms with Gasteiger partial charge in [0.15, 0.2) is 0 Å². The minimum atomic E-state index is -0.525. The molecule has 0 unspecified atom stereocenters. The van der Waals surface area contributed by atoms with Gasteiger partial charge in [0.25, 0.3) is 5.91 Å². The van der Waals surface area contributed by atoms with Crippen LogP contribution in [0.5, 0.6) is 11.5 Å². The van der Waals surface area contributed by atoms with E-state index in [1.54, 1.807) is 55.6 Å². The Kier molecular flexibility index (Phi) is 7.55. The zero-order valence-corrected chi connectivity index (χ0v) is 18.1. The van der Waals surface area contributed by atoms with Gasteiger partial charge in [0.1, 0.15) is 29.7 Å². The highest BCUT2D eigenvalue weighted by Crippen LogP contribution is 2.28. The van der Waals surface area contributed by atoms with Crippen LogP contribution in [0.15, 0.2) is 72.3 Å². The van der Waals surface area contributed by atoms with E-state index in [1.807, 2.05) is 24.3 Å². The zero-order valence-electron chi connectivity index (χ0n) is 16.6. The summed E-state index contributed by atoms with van der Waals surface area (Å²) in [6.45, 7) is 0.266. The Bertz CT molecular complexity index is 1150. The van der Waals surface area contributed by atoms with Crippen LogP contribution in [0.2, 0.25) is 10.0 Å². The Morgan fingerprint density at radius 1 is 1.06 bits per heavy atom. The fourth-order valence-electron chi connectivity index (χ4n) is 2.68. The summed E-state index contributed by atoms with van der Waals surface area (Å²) in [5.41, 5.74) is 1.92. The van der Waals surface area contributed by atoms with E-state index < -0.39 is 5.91 Å². The van der Waals surface area contributed by atoms with Gasteiger partial charge in [-0.15, -0.1) is 0 Å². The van der Waals surface area contributed by atoms with Crippen molar-refractivity contribution in [3.8, 4) is 17.6 Å². The van der Waals surface area contributed by atoms with Crippen LogP contribution in [0.1, 0.15) is 11.1 Å². The van der Waals surface area contributed by atoms with E-state index in [-0.39, 0.29) is 12.2 Å². The van der Waals surface area contributed by atoms with Gasteiger partial charge in [0, 0.05) is 16.3 Å². The molecule has 7 heteroatoms. The third-order valence-electron chi connectivity index (χ3n) is 4.32. The molecule has 0 spiro atoms. The lowest BCUT2D eigenvalue weighted by molar-refractivity contribution is -0.112. The molecule has 0 aliphatic rings. The number of anilines is 1. The average molecular weight is 453 g/mol. The second-order valence-electron chi connectivity index (χ2n) is 6.42. The van der Waals surface area contributed by atoms with Gasteiger partial charge in [-0.3, -0.25) is 4.79 Å². The van der Waals surface area contributed by atoms with Gasteiger partial charge in [0.2, 0.25) is 0 Å². The summed E-state index contributed by atoms with van der Waals surface area (Å²) in [7, 11) is 1.56. The molecule has 3 aromatic carbocycles. The van der Waals surface area contributed by atoms with Crippen molar-refractivity contribution in [3.05, 3.63) is 93.5 Å². The van der Waals surface area contributed by atoms with E-state index in [4.69, 9.17) is 32.7 Å². The number of nitrogens with one attached hydrogen (secondary N) is 1. The van der Waals surface area contributed by atoms with Crippen LogP contribution in [-0.2, 0) is 11.4 Å². The summed E-state index contributed by atoms with van der Waals surface area (Å²) in [5.74, 6) is 0.614. The fourth-order valence-corrected chi connectivity index (χ4v) is 3.12. The molecule has 0 aliphatic carbocycles. The van der Waals surface area contributed by atoms with Crippen molar-refractivity contribution in [2.75, 3.05) is 12.4 Å². The minimum absolute atomic E-state index is 0.0587. The highest BCUT2D eigenvalue weighted by molar-refractivity contribution is 6.32. The molecule has 1 amide bonds. The van der Waals surface area contributed by atoms with Crippen molar-refractivity contribution in [1.29, 1.82) is 5.26 Å². The summed E-state index contributed by atoms with van der Waals surface area (Å²) in [6, 6.07) is 21.1. The van der Waals surface area contributed by atoms with Crippen LogP contribution >= 0.6 is 23.2 Å². The molecule has 0 aliphatic heterocycles. The molecule has 0 saturated heterocycles. The number of carbonyl (C=O) groups excluding carboxylic acids is 1. The molecule has 3 aromatic rings. The molecule has 0 bridgehead atoms. The zero-order chi connectivity index (χ0) is 22.2. The first-order valence-electron chi connectivity index (χ1n) is 9.23. The predicted octanol–water partition coefficient (Wildman–Crippen LogP) is 6.13. The molecule has 0 heterocycles. The normalized spacial score (nSPS) is 10.8. The molecular formula is C24H18Cl2N2O3. The molecule has 3 rings (SSSR count). The van der Waals surface area contributed by atoms with Gasteiger partial charge in [-0.2, -0.15) is 5.26 Å².